The van der Waals surface area contributed by atoms with Gasteiger partial charge in [0.25, 0.3) is 0 Å². The van der Waals surface area contributed by atoms with Crippen LogP contribution in [-0.4, -0.2) is 15.7 Å². The third-order valence-electron chi connectivity index (χ3n) is 3.68. The Balaban J connectivity index is 1.86. The second-order valence-corrected chi connectivity index (χ2v) is 7.23. The van der Waals surface area contributed by atoms with Gasteiger partial charge in [-0.05, 0) is 40.9 Å². The highest BCUT2D eigenvalue weighted by atomic mass is 79.9. The number of nitrogens with zero attached hydrogens (tertiary/aromatic N) is 2. The highest BCUT2D eigenvalue weighted by Crippen LogP contribution is 2.47. The predicted octanol–water partition coefficient (Wildman–Crippen LogP) is 5.49. The number of amides is 1. The molecule has 0 spiro atoms. The molecule has 0 radical (unpaired) electrons. The van der Waals surface area contributed by atoms with Gasteiger partial charge in [-0.1, -0.05) is 29.3 Å². The van der Waals surface area contributed by atoms with E-state index in [0.29, 0.717) is 5.69 Å². The Kier molecular flexibility index (Phi) is 5.05. The lowest BCUT2D eigenvalue weighted by atomic mass is 10.2. The molecule has 2 aromatic rings. The van der Waals surface area contributed by atoms with Crippen molar-refractivity contribution in [3.05, 3.63) is 44.1 Å². The Labute approximate surface area is 159 Å². The smallest absolute Gasteiger partial charge is 0.322 e. The van der Waals surface area contributed by atoms with Gasteiger partial charge in [0.1, 0.15) is 6.54 Å². The molecule has 1 fully saturated rings. The first kappa shape index (κ1) is 18.5. The van der Waals surface area contributed by atoms with Crippen molar-refractivity contribution >= 4 is 50.7 Å². The first-order valence-corrected chi connectivity index (χ1v) is 8.80. The number of halogens is 6. The van der Waals surface area contributed by atoms with Crippen molar-refractivity contribution in [2.75, 3.05) is 5.32 Å². The Morgan fingerprint density at radius 1 is 1.32 bits per heavy atom. The maximum absolute atomic E-state index is 13.1. The fraction of sp³-hybridized carbons (Fsp3) is 0.333. The summed E-state index contributed by atoms with van der Waals surface area (Å²) in [6.45, 7) is -0.373. The maximum Gasteiger partial charge on any atom is 0.436 e. The van der Waals surface area contributed by atoms with Crippen LogP contribution in [0.4, 0.5) is 18.9 Å². The molecule has 1 N–H and O–H groups in total. The fourth-order valence-electron chi connectivity index (χ4n) is 2.43. The molecule has 1 aliphatic rings. The summed E-state index contributed by atoms with van der Waals surface area (Å²) in [5, 5.41) is 6.58. The molecule has 10 heteroatoms. The second-order valence-electron chi connectivity index (χ2n) is 5.62. The summed E-state index contributed by atoms with van der Waals surface area (Å²) in [4.78, 5) is 12.3. The molecular weight excluding hydrogens is 446 g/mol. The van der Waals surface area contributed by atoms with Gasteiger partial charge in [-0.2, -0.15) is 18.3 Å². The van der Waals surface area contributed by atoms with Crippen molar-refractivity contribution in [3.8, 4) is 0 Å². The van der Waals surface area contributed by atoms with E-state index in [2.05, 4.69) is 26.3 Å². The highest BCUT2D eigenvalue weighted by molar-refractivity contribution is 9.10. The van der Waals surface area contributed by atoms with E-state index in [-0.39, 0.29) is 32.7 Å². The molecule has 1 saturated carbocycles. The fourth-order valence-corrected chi connectivity index (χ4v) is 3.76. The van der Waals surface area contributed by atoms with Crippen LogP contribution in [0.15, 0.2) is 22.7 Å². The number of benzene rings is 1. The lowest BCUT2D eigenvalue weighted by Crippen LogP contribution is -2.21. The molecule has 0 atom stereocenters. The Bertz CT molecular complexity index is 814. The van der Waals surface area contributed by atoms with Gasteiger partial charge in [0.15, 0.2) is 5.69 Å². The van der Waals surface area contributed by atoms with E-state index in [9.17, 15) is 18.0 Å². The van der Waals surface area contributed by atoms with Crippen molar-refractivity contribution in [1.82, 2.24) is 9.78 Å². The van der Waals surface area contributed by atoms with Crippen LogP contribution in [-0.2, 0) is 17.5 Å². The largest absolute Gasteiger partial charge is 0.436 e. The Hall–Kier alpha value is -1.25. The maximum atomic E-state index is 13.1. The number of carbonyl (C=O) groups excluding carboxylic acids is 1. The molecule has 4 nitrogen and oxygen atoms in total. The first-order valence-electron chi connectivity index (χ1n) is 7.25. The third kappa shape index (κ3) is 3.96. The van der Waals surface area contributed by atoms with E-state index in [0.717, 1.165) is 17.5 Å². The third-order valence-corrected chi connectivity index (χ3v) is 5.10. The standard InChI is InChI=1S/C15H11BrCl2F3N3O/c16-11-13(7-4-5-7)24(23-14(11)15(19,20)21)6-10(25)22-12-8(17)2-1-3-9(12)18/h1-3,7H,4-6H2,(H,22,25). The lowest BCUT2D eigenvalue weighted by molar-refractivity contribution is -0.142. The van der Waals surface area contributed by atoms with Crippen LogP contribution in [0.5, 0.6) is 0 Å². The number of carbonyl (C=O) groups is 1. The molecule has 0 aliphatic heterocycles. The zero-order valence-electron chi connectivity index (χ0n) is 12.5. The number of hydrogen-bond acceptors (Lipinski definition) is 2. The molecule has 1 aliphatic carbocycles. The SMILES string of the molecule is O=C(Cn1nc(C(F)(F)F)c(Br)c1C1CC1)Nc1c(Cl)cccc1Cl. The first-order chi connectivity index (χ1) is 11.7. The number of nitrogens with one attached hydrogen (secondary N) is 1. The number of anilines is 1. The summed E-state index contributed by atoms with van der Waals surface area (Å²) in [6, 6.07) is 4.71. The normalized spacial score (nSPS) is 14.6. The van der Waals surface area contributed by atoms with Crippen LogP contribution in [0, 0.1) is 0 Å². The summed E-state index contributed by atoms with van der Waals surface area (Å²) in [6.07, 6.45) is -3.07. The van der Waals surface area contributed by atoms with E-state index < -0.39 is 17.8 Å². The van der Waals surface area contributed by atoms with Gasteiger partial charge in [0.2, 0.25) is 5.91 Å². The van der Waals surface area contributed by atoms with Crippen molar-refractivity contribution in [3.63, 3.8) is 0 Å². The molecule has 0 unspecified atom stereocenters. The van der Waals surface area contributed by atoms with Crippen LogP contribution < -0.4 is 5.32 Å². The quantitative estimate of drug-likeness (QED) is 0.661. The number of alkyl halides is 3. The van der Waals surface area contributed by atoms with Crippen LogP contribution in [0.25, 0.3) is 0 Å². The highest BCUT2D eigenvalue weighted by Gasteiger charge is 2.41. The van der Waals surface area contributed by atoms with Gasteiger partial charge >= 0.3 is 6.18 Å². The van der Waals surface area contributed by atoms with Crippen LogP contribution >= 0.6 is 39.1 Å². The molecule has 1 amide bonds. The zero-order valence-corrected chi connectivity index (χ0v) is 15.6. The van der Waals surface area contributed by atoms with E-state index in [1.807, 2.05) is 0 Å². The van der Waals surface area contributed by atoms with Gasteiger partial charge in [-0.25, -0.2) is 0 Å². The number of para-hydroxylation sites is 1. The van der Waals surface area contributed by atoms with E-state index in [1.54, 1.807) is 18.2 Å². The van der Waals surface area contributed by atoms with E-state index in [4.69, 9.17) is 23.2 Å². The molecule has 1 aromatic carbocycles. The average molecular weight is 457 g/mol. The van der Waals surface area contributed by atoms with Crippen molar-refractivity contribution in [1.29, 1.82) is 0 Å². The minimum Gasteiger partial charge on any atom is -0.322 e. The van der Waals surface area contributed by atoms with Gasteiger partial charge in [-0.15, -0.1) is 0 Å². The van der Waals surface area contributed by atoms with Gasteiger partial charge < -0.3 is 5.32 Å². The van der Waals surface area contributed by atoms with Crippen molar-refractivity contribution < 1.29 is 18.0 Å². The van der Waals surface area contributed by atoms with Gasteiger partial charge in [-0.3, -0.25) is 9.48 Å². The van der Waals surface area contributed by atoms with Crippen molar-refractivity contribution in [2.45, 2.75) is 31.5 Å². The van der Waals surface area contributed by atoms with Crippen molar-refractivity contribution in [2.24, 2.45) is 0 Å². The molecule has 1 aromatic heterocycles. The second kappa shape index (κ2) is 6.81. The molecule has 25 heavy (non-hydrogen) atoms. The summed E-state index contributed by atoms with van der Waals surface area (Å²) in [5.74, 6) is -0.602. The van der Waals surface area contributed by atoms with E-state index in [1.165, 1.54) is 0 Å². The number of rotatable bonds is 4. The van der Waals surface area contributed by atoms with Gasteiger partial charge in [0, 0.05) is 5.92 Å². The number of aromatic nitrogens is 2. The predicted molar refractivity (Wildman–Crippen MR) is 92.0 cm³/mol. The monoisotopic (exact) mass is 455 g/mol. The van der Waals surface area contributed by atoms with Gasteiger partial charge in [0.05, 0.1) is 25.9 Å². The molecule has 134 valence electrons. The molecule has 1 heterocycles. The number of hydrogen-bond donors (Lipinski definition) is 1. The molecule has 3 rings (SSSR count). The minimum atomic E-state index is -4.60. The molecule has 0 bridgehead atoms. The summed E-state index contributed by atoms with van der Waals surface area (Å²) < 4.78 is 40.2. The Morgan fingerprint density at radius 3 is 2.44 bits per heavy atom. The molecular formula is C15H11BrCl2F3N3O. The molecule has 0 saturated heterocycles. The zero-order chi connectivity index (χ0) is 18.4. The summed E-state index contributed by atoms with van der Waals surface area (Å²) in [5.41, 5.74) is -0.434. The summed E-state index contributed by atoms with van der Waals surface area (Å²) in [7, 11) is 0. The van der Waals surface area contributed by atoms with Crippen LogP contribution in [0.2, 0.25) is 10.0 Å². The average Bonchev–Trinajstić information content (AvgIpc) is 3.27. The van der Waals surface area contributed by atoms with E-state index >= 15 is 0 Å². The summed E-state index contributed by atoms with van der Waals surface area (Å²) >= 11 is 14.9. The van der Waals surface area contributed by atoms with Crippen LogP contribution in [0.3, 0.4) is 0 Å². The lowest BCUT2D eigenvalue weighted by Gasteiger charge is -2.11. The van der Waals surface area contributed by atoms with Crippen LogP contribution in [0.1, 0.15) is 30.1 Å². The minimum absolute atomic E-state index is 0.0327. The topological polar surface area (TPSA) is 46.9 Å². The Morgan fingerprint density at radius 2 is 1.92 bits per heavy atom.